The van der Waals surface area contributed by atoms with Crippen LogP contribution in [-0.2, 0) is 13.1 Å². The van der Waals surface area contributed by atoms with Crippen molar-refractivity contribution in [3.8, 4) is 0 Å². The lowest BCUT2D eigenvalue weighted by Gasteiger charge is -2.19. The zero-order valence-corrected chi connectivity index (χ0v) is 11.9. The summed E-state index contributed by atoms with van der Waals surface area (Å²) in [4.78, 5) is 2.24. The molecule has 3 heteroatoms. The molecule has 0 saturated carbocycles. The van der Waals surface area contributed by atoms with E-state index in [0.29, 0.717) is 0 Å². The van der Waals surface area contributed by atoms with Crippen LogP contribution in [-0.4, -0.2) is 13.6 Å². The van der Waals surface area contributed by atoms with Crippen molar-refractivity contribution in [3.63, 3.8) is 0 Å². The van der Waals surface area contributed by atoms with Gasteiger partial charge in [-0.3, -0.25) is 0 Å². The van der Waals surface area contributed by atoms with E-state index < -0.39 is 0 Å². The standard InChI is InChI=1S/C16H22N2O/c1-4-17-11-16-14(8-9-19-16)12-18(3)15-7-5-6-13(2)10-15/h5-10,17H,4,11-12H2,1-3H3. The van der Waals surface area contributed by atoms with Crippen molar-refractivity contribution in [1.29, 1.82) is 0 Å². The Balaban J connectivity index is 2.06. The third kappa shape index (κ3) is 3.61. The second-order valence-corrected chi connectivity index (χ2v) is 4.84. The normalized spacial score (nSPS) is 10.7. The van der Waals surface area contributed by atoms with Gasteiger partial charge in [0.15, 0.2) is 0 Å². The fourth-order valence-electron chi connectivity index (χ4n) is 2.11. The van der Waals surface area contributed by atoms with E-state index in [1.54, 1.807) is 6.26 Å². The molecule has 0 unspecified atom stereocenters. The molecule has 0 atom stereocenters. The van der Waals surface area contributed by atoms with Crippen molar-refractivity contribution < 1.29 is 4.42 Å². The molecule has 0 spiro atoms. The summed E-state index contributed by atoms with van der Waals surface area (Å²) >= 11 is 0. The third-order valence-electron chi connectivity index (χ3n) is 3.22. The molecule has 0 aliphatic heterocycles. The fraction of sp³-hybridized carbons (Fsp3) is 0.375. The molecule has 0 saturated heterocycles. The third-order valence-corrected chi connectivity index (χ3v) is 3.22. The van der Waals surface area contributed by atoms with Gasteiger partial charge in [0.05, 0.1) is 12.8 Å². The Morgan fingerprint density at radius 2 is 2.11 bits per heavy atom. The highest BCUT2D eigenvalue weighted by Gasteiger charge is 2.09. The second-order valence-electron chi connectivity index (χ2n) is 4.84. The van der Waals surface area contributed by atoms with Crippen LogP contribution in [0, 0.1) is 6.92 Å². The monoisotopic (exact) mass is 258 g/mol. The van der Waals surface area contributed by atoms with Gasteiger partial charge >= 0.3 is 0 Å². The average Bonchev–Trinajstić information content (AvgIpc) is 2.83. The van der Waals surface area contributed by atoms with Crippen LogP contribution in [0.15, 0.2) is 41.0 Å². The Morgan fingerprint density at radius 3 is 2.84 bits per heavy atom. The molecule has 1 aromatic carbocycles. The molecule has 0 radical (unpaired) electrons. The number of nitrogens with one attached hydrogen (secondary N) is 1. The summed E-state index contributed by atoms with van der Waals surface area (Å²) in [5.41, 5.74) is 3.75. The molecule has 1 aromatic heterocycles. The predicted molar refractivity (Wildman–Crippen MR) is 79.4 cm³/mol. The molecule has 1 N–H and O–H groups in total. The summed E-state index contributed by atoms with van der Waals surface area (Å²) in [5, 5.41) is 3.30. The maximum Gasteiger partial charge on any atom is 0.122 e. The molecule has 1 heterocycles. The average molecular weight is 258 g/mol. The fourth-order valence-corrected chi connectivity index (χ4v) is 2.11. The number of rotatable bonds is 6. The summed E-state index contributed by atoms with van der Waals surface area (Å²) in [5.74, 6) is 1.03. The van der Waals surface area contributed by atoms with E-state index in [0.717, 1.165) is 25.4 Å². The number of benzene rings is 1. The minimum atomic E-state index is 0.792. The minimum absolute atomic E-state index is 0.792. The topological polar surface area (TPSA) is 28.4 Å². The largest absolute Gasteiger partial charge is 0.468 e. The highest BCUT2D eigenvalue weighted by molar-refractivity contribution is 5.48. The number of furan rings is 1. The summed E-state index contributed by atoms with van der Waals surface area (Å²) < 4.78 is 5.54. The minimum Gasteiger partial charge on any atom is -0.468 e. The molecule has 3 nitrogen and oxygen atoms in total. The van der Waals surface area contributed by atoms with Crippen molar-refractivity contribution in [2.75, 3.05) is 18.5 Å². The summed E-state index contributed by atoms with van der Waals surface area (Å²) in [6.45, 7) is 6.82. The van der Waals surface area contributed by atoms with E-state index in [2.05, 4.69) is 61.4 Å². The van der Waals surface area contributed by atoms with Crippen molar-refractivity contribution in [3.05, 3.63) is 53.5 Å². The van der Waals surface area contributed by atoms with Crippen molar-refractivity contribution in [1.82, 2.24) is 5.32 Å². The van der Waals surface area contributed by atoms with E-state index in [1.165, 1.54) is 16.8 Å². The summed E-state index contributed by atoms with van der Waals surface area (Å²) in [6, 6.07) is 10.6. The van der Waals surface area contributed by atoms with Crippen molar-refractivity contribution >= 4 is 5.69 Å². The van der Waals surface area contributed by atoms with Crippen molar-refractivity contribution in [2.45, 2.75) is 26.9 Å². The first-order chi connectivity index (χ1) is 9.20. The Labute approximate surface area is 115 Å². The Kier molecular flexibility index (Phi) is 4.63. The molecule has 0 bridgehead atoms. The lowest BCUT2D eigenvalue weighted by atomic mass is 10.2. The molecule has 2 aromatic rings. The zero-order valence-electron chi connectivity index (χ0n) is 11.9. The van der Waals surface area contributed by atoms with Gasteiger partial charge in [0.2, 0.25) is 0 Å². The maximum absolute atomic E-state index is 5.54. The molecule has 19 heavy (non-hydrogen) atoms. The lowest BCUT2D eigenvalue weighted by molar-refractivity contribution is 0.482. The van der Waals surface area contributed by atoms with E-state index in [9.17, 15) is 0 Å². The number of aryl methyl sites for hydroxylation is 1. The van der Waals surface area contributed by atoms with Gasteiger partial charge in [0.1, 0.15) is 5.76 Å². The van der Waals surface area contributed by atoms with Crippen LogP contribution >= 0.6 is 0 Å². The molecule has 0 amide bonds. The first-order valence-corrected chi connectivity index (χ1v) is 6.74. The Bertz CT molecular complexity index is 519. The summed E-state index contributed by atoms with van der Waals surface area (Å²) in [6.07, 6.45) is 1.77. The van der Waals surface area contributed by atoms with Gasteiger partial charge in [0, 0.05) is 24.8 Å². The SMILES string of the molecule is CCNCc1occc1CN(C)c1cccc(C)c1. The van der Waals surface area contributed by atoms with E-state index >= 15 is 0 Å². The molecule has 0 aliphatic carbocycles. The van der Waals surface area contributed by atoms with E-state index in [1.807, 2.05) is 0 Å². The van der Waals surface area contributed by atoms with Gasteiger partial charge in [0.25, 0.3) is 0 Å². The van der Waals surface area contributed by atoms with Gasteiger partial charge < -0.3 is 14.6 Å². The zero-order chi connectivity index (χ0) is 13.7. The molecule has 0 aliphatic rings. The smallest absolute Gasteiger partial charge is 0.122 e. The Hall–Kier alpha value is -1.74. The maximum atomic E-state index is 5.54. The van der Waals surface area contributed by atoms with Gasteiger partial charge in [-0.05, 0) is 37.2 Å². The second kappa shape index (κ2) is 6.43. The molecule has 0 fully saturated rings. The van der Waals surface area contributed by atoms with Crippen molar-refractivity contribution in [2.24, 2.45) is 0 Å². The predicted octanol–water partition coefficient (Wildman–Crippen LogP) is 3.33. The van der Waals surface area contributed by atoms with Crippen LogP contribution in [0.2, 0.25) is 0 Å². The lowest BCUT2D eigenvalue weighted by Crippen LogP contribution is -2.18. The first-order valence-electron chi connectivity index (χ1n) is 6.74. The van der Waals surface area contributed by atoms with Crippen LogP contribution in [0.25, 0.3) is 0 Å². The van der Waals surface area contributed by atoms with Crippen LogP contribution in [0.5, 0.6) is 0 Å². The van der Waals surface area contributed by atoms with Gasteiger partial charge in [-0.25, -0.2) is 0 Å². The van der Waals surface area contributed by atoms with E-state index in [-0.39, 0.29) is 0 Å². The van der Waals surface area contributed by atoms with Crippen LogP contribution in [0.4, 0.5) is 5.69 Å². The number of nitrogens with zero attached hydrogens (tertiary/aromatic N) is 1. The first kappa shape index (κ1) is 13.7. The Morgan fingerprint density at radius 1 is 1.26 bits per heavy atom. The number of hydrogen-bond donors (Lipinski definition) is 1. The van der Waals surface area contributed by atoms with E-state index in [4.69, 9.17) is 4.42 Å². The molecule has 2 rings (SSSR count). The van der Waals surface area contributed by atoms with Crippen LogP contribution in [0.1, 0.15) is 23.8 Å². The van der Waals surface area contributed by atoms with Gasteiger partial charge in [-0.15, -0.1) is 0 Å². The summed E-state index contributed by atoms with van der Waals surface area (Å²) in [7, 11) is 2.11. The number of hydrogen-bond acceptors (Lipinski definition) is 3. The van der Waals surface area contributed by atoms with Crippen LogP contribution < -0.4 is 10.2 Å². The molecule has 102 valence electrons. The van der Waals surface area contributed by atoms with Gasteiger partial charge in [-0.2, -0.15) is 0 Å². The molecular formula is C16H22N2O. The highest BCUT2D eigenvalue weighted by atomic mass is 16.3. The number of anilines is 1. The molecular weight excluding hydrogens is 236 g/mol. The highest BCUT2D eigenvalue weighted by Crippen LogP contribution is 2.19. The quantitative estimate of drug-likeness (QED) is 0.861. The van der Waals surface area contributed by atoms with Gasteiger partial charge in [-0.1, -0.05) is 19.1 Å². The van der Waals surface area contributed by atoms with Crippen LogP contribution in [0.3, 0.4) is 0 Å².